The van der Waals surface area contributed by atoms with Crippen molar-refractivity contribution in [2.24, 2.45) is 5.92 Å². The van der Waals surface area contributed by atoms with Gasteiger partial charge in [-0.3, -0.25) is 0 Å². The van der Waals surface area contributed by atoms with Crippen molar-refractivity contribution in [3.8, 4) is 5.75 Å². The maximum Gasteiger partial charge on any atom is 0.167 e. The van der Waals surface area contributed by atoms with Gasteiger partial charge in [-0.15, -0.1) is 0 Å². The summed E-state index contributed by atoms with van der Waals surface area (Å²) in [7, 11) is 0. The van der Waals surface area contributed by atoms with Crippen LogP contribution in [0.15, 0.2) is 18.2 Å². The second kappa shape index (κ2) is 5.05. The first-order valence-corrected chi connectivity index (χ1v) is 6.17. The Labute approximate surface area is 101 Å². The number of rotatable bonds is 2. The molecule has 0 bridgehead atoms. The number of aliphatic hydroxyl groups excluding tert-OH is 1. The lowest BCUT2D eigenvalue weighted by Crippen LogP contribution is -2.37. The van der Waals surface area contributed by atoms with E-state index in [1.54, 1.807) is 25.1 Å². The summed E-state index contributed by atoms with van der Waals surface area (Å²) in [6, 6.07) is 5.10. The van der Waals surface area contributed by atoms with E-state index < -0.39 is 6.10 Å². The molecule has 1 aromatic rings. The fourth-order valence-electron chi connectivity index (χ4n) is 2.31. The van der Waals surface area contributed by atoms with Crippen molar-refractivity contribution in [2.75, 3.05) is 0 Å². The van der Waals surface area contributed by atoms with Gasteiger partial charge in [-0.1, -0.05) is 19.1 Å². The van der Waals surface area contributed by atoms with Crippen LogP contribution < -0.4 is 4.74 Å². The Hall–Kier alpha value is -1.09. The highest BCUT2D eigenvalue weighted by Crippen LogP contribution is 2.29. The van der Waals surface area contributed by atoms with Gasteiger partial charge in [0.1, 0.15) is 6.10 Å². The van der Waals surface area contributed by atoms with Crippen LogP contribution in [0.5, 0.6) is 5.75 Å². The molecule has 2 nitrogen and oxygen atoms in total. The zero-order chi connectivity index (χ0) is 12.4. The zero-order valence-electron chi connectivity index (χ0n) is 10.3. The van der Waals surface area contributed by atoms with Crippen molar-refractivity contribution in [3.05, 3.63) is 29.6 Å². The molecule has 0 spiro atoms. The van der Waals surface area contributed by atoms with Gasteiger partial charge in [0, 0.05) is 0 Å². The van der Waals surface area contributed by atoms with E-state index in [1.165, 1.54) is 0 Å². The third kappa shape index (κ3) is 2.78. The highest BCUT2D eigenvalue weighted by atomic mass is 19.1. The number of hydrogen-bond donors (Lipinski definition) is 1. The van der Waals surface area contributed by atoms with Crippen LogP contribution in [-0.4, -0.2) is 17.3 Å². The summed E-state index contributed by atoms with van der Waals surface area (Å²) >= 11 is 0. The average molecular weight is 238 g/mol. The highest BCUT2D eigenvalue weighted by molar-refractivity contribution is 5.30. The predicted octanol–water partition coefficient (Wildman–Crippen LogP) is 3.06. The Balaban J connectivity index is 2.11. The Morgan fingerprint density at radius 2 is 2.12 bits per heavy atom. The third-order valence-corrected chi connectivity index (χ3v) is 3.45. The minimum absolute atomic E-state index is 0.253. The lowest BCUT2D eigenvalue weighted by molar-refractivity contribution is -0.00935. The molecule has 0 aromatic heterocycles. The first-order chi connectivity index (χ1) is 8.08. The van der Waals surface area contributed by atoms with E-state index in [-0.39, 0.29) is 17.7 Å². The molecular weight excluding hydrogens is 219 g/mol. The van der Waals surface area contributed by atoms with Crippen molar-refractivity contribution in [1.82, 2.24) is 0 Å². The lowest BCUT2D eigenvalue weighted by Gasteiger charge is -2.32. The van der Waals surface area contributed by atoms with Gasteiger partial charge in [-0.2, -0.15) is 0 Å². The predicted molar refractivity (Wildman–Crippen MR) is 64.6 cm³/mol. The minimum atomic E-state index is -0.480. The molecule has 3 unspecified atom stereocenters. The Morgan fingerprint density at radius 1 is 1.35 bits per heavy atom. The van der Waals surface area contributed by atoms with Crippen LogP contribution in [0.2, 0.25) is 0 Å². The fraction of sp³-hybridized carbons (Fsp3) is 0.571. The van der Waals surface area contributed by atoms with Crippen LogP contribution in [0.3, 0.4) is 0 Å². The number of halogens is 1. The van der Waals surface area contributed by atoms with Crippen LogP contribution in [-0.2, 0) is 0 Å². The van der Waals surface area contributed by atoms with E-state index >= 15 is 0 Å². The molecule has 0 aliphatic heterocycles. The second-order valence-corrected chi connectivity index (χ2v) is 5.03. The Morgan fingerprint density at radius 3 is 2.88 bits per heavy atom. The smallest absolute Gasteiger partial charge is 0.167 e. The number of aryl methyl sites for hydroxylation is 1. The lowest BCUT2D eigenvalue weighted by atomic mass is 9.86. The second-order valence-electron chi connectivity index (χ2n) is 5.03. The molecule has 0 amide bonds. The van der Waals surface area contributed by atoms with E-state index in [4.69, 9.17) is 4.74 Å². The van der Waals surface area contributed by atoms with Crippen LogP contribution in [0.4, 0.5) is 4.39 Å². The van der Waals surface area contributed by atoms with Gasteiger partial charge in [0.15, 0.2) is 11.6 Å². The molecule has 1 aliphatic rings. The van der Waals surface area contributed by atoms with Gasteiger partial charge in [0.2, 0.25) is 0 Å². The summed E-state index contributed by atoms with van der Waals surface area (Å²) < 4.78 is 19.4. The fourth-order valence-corrected chi connectivity index (χ4v) is 2.31. The number of benzene rings is 1. The summed E-state index contributed by atoms with van der Waals surface area (Å²) in [5.41, 5.74) is 0.570. The van der Waals surface area contributed by atoms with Gasteiger partial charge < -0.3 is 9.84 Å². The summed E-state index contributed by atoms with van der Waals surface area (Å²) in [5.74, 6) is 0.456. The van der Waals surface area contributed by atoms with Gasteiger partial charge in [-0.05, 0) is 43.7 Å². The molecule has 0 heterocycles. The van der Waals surface area contributed by atoms with Gasteiger partial charge >= 0.3 is 0 Å². The molecule has 0 saturated heterocycles. The molecule has 3 atom stereocenters. The van der Waals surface area contributed by atoms with Crippen LogP contribution in [0.1, 0.15) is 31.7 Å². The first-order valence-electron chi connectivity index (χ1n) is 6.17. The molecule has 2 rings (SSSR count). The van der Waals surface area contributed by atoms with E-state index in [9.17, 15) is 9.50 Å². The first kappa shape index (κ1) is 12.4. The van der Waals surface area contributed by atoms with E-state index in [1.807, 2.05) is 0 Å². The largest absolute Gasteiger partial charge is 0.485 e. The summed E-state index contributed by atoms with van der Waals surface area (Å²) in [4.78, 5) is 0. The van der Waals surface area contributed by atoms with Crippen molar-refractivity contribution >= 4 is 0 Å². The number of hydrogen-bond acceptors (Lipinski definition) is 2. The van der Waals surface area contributed by atoms with E-state index in [0.717, 1.165) is 19.3 Å². The van der Waals surface area contributed by atoms with Crippen LogP contribution in [0.25, 0.3) is 0 Å². The average Bonchev–Trinajstić information content (AvgIpc) is 2.30. The van der Waals surface area contributed by atoms with Crippen molar-refractivity contribution in [2.45, 2.75) is 45.3 Å². The monoisotopic (exact) mass is 238 g/mol. The zero-order valence-corrected chi connectivity index (χ0v) is 10.3. The van der Waals surface area contributed by atoms with E-state index in [0.29, 0.717) is 11.5 Å². The molecule has 1 N–H and O–H groups in total. The van der Waals surface area contributed by atoms with Crippen LogP contribution >= 0.6 is 0 Å². The standard InChI is InChI=1S/C14H19FO2/c1-9-6-7-11(16)13(8-9)17-12-5-3-4-10(2)14(12)15/h3-5,9,11,13,16H,6-8H2,1-2H3. The maximum absolute atomic E-state index is 13.8. The molecule has 94 valence electrons. The number of aliphatic hydroxyl groups is 1. The quantitative estimate of drug-likeness (QED) is 0.858. The molecule has 3 heteroatoms. The molecule has 1 saturated carbocycles. The van der Waals surface area contributed by atoms with Gasteiger partial charge in [0.25, 0.3) is 0 Å². The molecule has 17 heavy (non-hydrogen) atoms. The normalized spacial score (nSPS) is 29.1. The Kier molecular flexibility index (Phi) is 3.67. The highest BCUT2D eigenvalue weighted by Gasteiger charge is 2.29. The van der Waals surface area contributed by atoms with Crippen LogP contribution in [0, 0.1) is 18.7 Å². The van der Waals surface area contributed by atoms with Gasteiger partial charge in [-0.25, -0.2) is 4.39 Å². The minimum Gasteiger partial charge on any atom is -0.485 e. The SMILES string of the molecule is Cc1cccc(OC2CC(C)CCC2O)c1F. The third-order valence-electron chi connectivity index (χ3n) is 3.45. The topological polar surface area (TPSA) is 29.5 Å². The van der Waals surface area contributed by atoms with E-state index in [2.05, 4.69) is 6.92 Å². The molecule has 1 aliphatic carbocycles. The molecule has 0 radical (unpaired) electrons. The summed E-state index contributed by atoms with van der Waals surface area (Å²) in [6.07, 6.45) is 1.77. The van der Waals surface area contributed by atoms with Crippen molar-refractivity contribution in [3.63, 3.8) is 0 Å². The summed E-state index contributed by atoms with van der Waals surface area (Å²) in [6.45, 7) is 3.84. The summed E-state index contributed by atoms with van der Waals surface area (Å²) in [5, 5.41) is 9.86. The van der Waals surface area contributed by atoms with Crippen molar-refractivity contribution in [1.29, 1.82) is 0 Å². The van der Waals surface area contributed by atoms with Gasteiger partial charge in [0.05, 0.1) is 6.10 Å². The molecule has 1 aromatic carbocycles. The maximum atomic E-state index is 13.8. The molecule has 1 fully saturated rings. The Bertz CT molecular complexity index is 392. The van der Waals surface area contributed by atoms with Crippen molar-refractivity contribution < 1.29 is 14.2 Å². The number of ether oxygens (including phenoxy) is 1. The molecular formula is C14H19FO2.